The number of carbonyl (C=O) groups excluding carboxylic acids is 1. The molecular weight excluding hydrogens is 425 g/mol. The van der Waals surface area contributed by atoms with E-state index in [2.05, 4.69) is 15.1 Å². The van der Waals surface area contributed by atoms with Gasteiger partial charge >= 0.3 is 0 Å². The number of piperazine rings is 1. The molecular formula is C20H22FN5O2S2. The number of halogens is 1. The third kappa shape index (κ3) is 4.45. The number of nitrogens with zero attached hydrogens (tertiary/aromatic N) is 4. The predicted molar refractivity (Wildman–Crippen MR) is 116 cm³/mol. The molecule has 0 aliphatic carbocycles. The van der Waals surface area contributed by atoms with Gasteiger partial charge in [0.05, 0.1) is 12.0 Å². The molecule has 1 saturated heterocycles. The standard InChI is InChI=1S/C20H22FN5O2S2/c1-28-16-5-4-14(11-15(16)21)12-24-6-8-25(9-7-24)18(27)13-26-19(22-23-20(26)29)17-3-2-10-30-17/h2-5,10-11H,6-9,12-13H2,1H3,(H,23,29). The molecule has 0 saturated carbocycles. The number of carbonyl (C=O) groups is 1. The van der Waals surface area contributed by atoms with E-state index in [4.69, 9.17) is 17.0 Å². The van der Waals surface area contributed by atoms with Crippen molar-refractivity contribution in [2.24, 2.45) is 0 Å². The van der Waals surface area contributed by atoms with Crippen molar-refractivity contribution < 1.29 is 13.9 Å². The molecule has 4 rings (SSSR count). The second-order valence-corrected chi connectivity index (χ2v) is 8.38. The summed E-state index contributed by atoms with van der Waals surface area (Å²) in [6.07, 6.45) is 0. The molecule has 0 unspecified atom stereocenters. The van der Waals surface area contributed by atoms with E-state index in [1.165, 1.54) is 13.2 Å². The fourth-order valence-corrected chi connectivity index (χ4v) is 4.43. The van der Waals surface area contributed by atoms with E-state index < -0.39 is 0 Å². The monoisotopic (exact) mass is 447 g/mol. The Labute approximate surface area is 182 Å². The van der Waals surface area contributed by atoms with Crippen LogP contribution in [0.25, 0.3) is 10.7 Å². The number of rotatable bonds is 6. The third-order valence-corrected chi connectivity index (χ3v) is 6.32. The van der Waals surface area contributed by atoms with Crippen LogP contribution in [0.5, 0.6) is 5.75 Å². The molecule has 0 atom stereocenters. The van der Waals surface area contributed by atoms with Gasteiger partial charge in [0.25, 0.3) is 0 Å². The Hall–Kier alpha value is -2.56. The SMILES string of the molecule is COc1ccc(CN2CCN(C(=O)Cn3c(-c4cccs4)n[nH]c3=S)CC2)cc1F. The highest BCUT2D eigenvalue weighted by atomic mass is 32.1. The van der Waals surface area contributed by atoms with Crippen LogP contribution in [0, 0.1) is 10.6 Å². The Morgan fingerprint density at radius 3 is 2.77 bits per heavy atom. The third-order valence-electron chi connectivity index (χ3n) is 5.14. The maximum absolute atomic E-state index is 13.9. The van der Waals surface area contributed by atoms with E-state index >= 15 is 0 Å². The lowest BCUT2D eigenvalue weighted by molar-refractivity contribution is -0.133. The van der Waals surface area contributed by atoms with Crippen LogP contribution in [0.2, 0.25) is 0 Å². The van der Waals surface area contributed by atoms with Gasteiger partial charge in [-0.2, -0.15) is 5.10 Å². The average molecular weight is 448 g/mol. The van der Waals surface area contributed by atoms with Gasteiger partial charge < -0.3 is 9.64 Å². The maximum atomic E-state index is 13.9. The summed E-state index contributed by atoms with van der Waals surface area (Å²) >= 11 is 6.87. The Bertz CT molecular complexity index is 1070. The summed E-state index contributed by atoms with van der Waals surface area (Å²) in [5.41, 5.74) is 0.887. The molecule has 30 heavy (non-hydrogen) atoms. The van der Waals surface area contributed by atoms with Crippen LogP contribution in [-0.4, -0.2) is 63.8 Å². The van der Waals surface area contributed by atoms with Crippen LogP contribution in [0.15, 0.2) is 35.7 Å². The van der Waals surface area contributed by atoms with Crippen LogP contribution in [0.3, 0.4) is 0 Å². The molecule has 10 heteroatoms. The molecule has 1 N–H and O–H groups in total. The minimum Gasteiger partial charge on any atom is -0.494 e. The second-order valence-electron chi connectivity index (χ2n) is 7.04. The Morgan fingerprint density at radius 1 is 1.30 bits per heavy atom. The maximum Gasteiger partial charge on any atom is 0.242 e. The van der Waals surface area contributed by atoms with E-state index in [1.807, 2.05) is 28.5 Å². The Kier molecular flexibility index (Phi) is 6.26. The molecule has 1 amide bonds. The molecule has 0 bridgehead atoms. The second kappa shape index (κ2) is 9.07. The molecule has 1 fully saturated rings. The highest BCUT2D eigenvalue weighted by Crippen LogP contribution is 2.23. The molecule has 2 aromatic heterocycles. The summed E-state index contributed by atoms with van der Waals surface area (Å²) in [5.74, 6) is 0.583. The van der Waals surface area contributed by atoms with Gasteiger partial charge in [-0.05, 0) is 41.4 Å². The fraction of sp³-hybridized carbons (Fsp3) is 0.350. The molecule has 0 radical (unpaired) electrons. The van der Waals surface area contributed by atoms with Gasteiger partial charge in [-0.15, -0.1) is 11.3 Å². The first-order valence-corrected chi connectivity index (χ1v) is 10.9. The van der Waals surface area contributed by atoms with Crippen LogP contribution >= 0.6 is 23.6 Å². The summed E-state index contributed by atoms with van der Waals surface area (Å²) < 4.78 is 21.1. The van der Waals surface area contributed by atoms with Crippen molar-refractivity contribution in [3.63, 3.8) is 0 Å². The molecule has 7 nitrogen and oxygen atoms in total. The topological polar surface area (TPSA) is 66.4 Å². The van der Waals surface area contributed by atoms with Gasteiger partial charge in [-0.25, -0.2) is 4.39 Å². The lowest BCUT2D eigenvalue weighted by Gasteiger charge is -2.35. The van der Waals surface area contributed by atoms with Gasteiger partial charge in [0.15, 0.2) is 22.2 Å². The number of amides is 1. The quantitative estimate of drug-likeness (QED) is 0.588. The molecule has 0 spiro atoms. The van der Waals surface area contributed by atoms with Crippen molar-refractivity contribution in [1.29, 1.82) is 0 Å². The number of aromatic nitrogens is 3. The number of methoxy groups -OCH3 is 1. The number of benzene rings is 1. The van der Waals surface area contributed by atoms with Gasteiger partial charge in [-0.1, -0.05) is 12.1 Å². The molecule has 1 aromatic carbocycles. The highest BCUT2D eigenvalue weighted by Gasteiger charge is 2.23. The summed E-state index contributed by atoms with van der Waals surface area (Å²) in [6.45, 7) is 3.50. The molecule has 3 aromatic rings. The summed E-state index contributed by atoms with van der Waals surface area (Å²) in [7, 11) is 1.45. The van der Waals surface area contributed by atoms with Crippen LogP contribution in [0.1, 0.15) is 5.56 Å². The number of aromatic amines is 1. The van der Waals surface area contributed by atoms with E-state index in [-0.39, 0.29) is 24.0 Å². The van der Waals surface area contributed by atoms with Gasteiger partial charge in [-0.3, -0.25) is 19.4 Å². The first-order valence-electron chi connectivity index (χ1n) is 9.57. The Balaban J connectivity index is 1.35. The first-order chi connectivity index (χ1) is 14.5. The highest BCUT2D eigenvalue weighted by molar-refractivity contribution is 7.71. The number of thiophene rings is 1. The molecule has 158 valence electrons. The Morgan fingerprint density at radius 2 is 2.10 bits per heavy atom. The summed E-state index contributed by atoms with van der Waals surface area (Å²) in [6, 6.07) is 8.91. The van der Waals surface area contributed by atoms with Gasteiger partial charge in [0.2, 0.25) is 5.91 Å². The number of hydrogen-bond acceptors (Lipinski definition) is 6. The lowest BCUT2D eigenvalue weighted by Crippen LogP contribution is -2.49. The molecule has 1 aliphatic heterocycles. The zero-order chi connectivity index (χ0) is 21.1. The minimum atomic E-state index is -0.359. The van der Waals surface area contributed by atoms with E-state index in [0.717, 1.165) is 23.5 Å². The van der Waals surface area contributed by atoms with Gasteiger partial charge in [0.1, 0.15) is 6.54 Å². The van der Waals surface area contributed by atoms with Crippen molar-refractivity contribution in [2.45, 2.75) is 13.1 Å². The van der Waals surface area contributed by atoms with Crippen molar-refractivity contribution in [3.05, 3.63) is 51.9 Å². The largest absolute Gasteiger partial charge is 0.494 e. The van der Waals surface area contributed by atoms with Crippen LogP contribution in [0.4, 0.5) is 4.39 Å². The number of hydrogen-bond donors (Lipinski definition) is 1. The zero-order valence-corrected chi connectivity index (χ0v) is 18.1. The normalized spacial score (nSPS) is 14.8. The number of nitrogens with one attached hydrogen (secondary N) is 1. The number of H-pyrrole nitrogens is 1. The van der Waals surface area contributed by atoms with Crippen molar-refractivity contribution in [1.82, 2.24) is 24.6 Å². The van der Waals surface area contributed by atoms with Gasteiger partial charge in [0, 0.05) is 32.7 Å². The van der Waals surface area contributed by atoms with E-state index in [0.29, 0.717) is 30.2 Å². The number of ether oxygens (including phenoxy) is 1. The fourth-order valence-electron chi connectivity index (χ4n) is 3.52. The van der Waals surface area contributed by atoms with Crippen molar-refractivity contribution in [2.75, 3.05) is 33.3 Å². The van der Waals surface area contributed by atoms with Crippen molar-refractivity contribution >= 4 is 29.5 Å². The molecule has 1 aliphatic rings. The summed E-state index contributed by atoms with van der Waals surface area (Å²) in [4.78, 5) is 17.9. The molecule has 3 heterocycles. The average Bonchev–Trinajstić information content (AvgIpc) is 3.39. The van der Waals surface area contributed by atoms with E-state index in [1.54, 1.807) is 22.0 Å². The van der Waals surface area contributed by atoms with Crippen molar-refractivity contribution in [3.8, 4) is 16.5 Å². The predicted octanol–water partition coefficient (Wildman–Crippen LogP) is 3.16. The first kappa shape index (κ1) is 20.7. The smallest absolute Gasteiger partial charge is 0.242 e. The lowest BCUT2D eigenvalue weighted by atomic mass is 10.2. The van der Waals surface area contributed by atoms with Crippen LogP contribution < -0.4 is 4.74 Å². The minimum absolute atomic E-state index is 0.0143. The van der Waals surface area contributed by atoms with Crippen LogP contribution in [-0.2, 0) is 17.9 Å². The zero-order valence-electron chi connectivity index (χ0n) is 16.5. The van der Waals surface area contributed by atoms with E-state index in [9.17, 15) is 9.18 Å². The summed E-state index contributed by atoms with van der Waals surface area (Å²) in [5, 5.41) is 9.02.